The van der Waals surface area contributed by atoms with Gasteiger partial charge < -0.3 is 10.2 Å². The fraction of sp³-hybridized carbons (Fsp3) is 0.951. The fourth-order valence-corrected chi connectivity index (χ4v) is 6.18. The van der Waals surface area contributed by atoms with Crippen molar-refractivity contribution in [2.75, 3.05) is 0 Å². The Morgan fingerprint density at radius 1 is 0.267 bits per heavy atom. The molecule has 0 unspecified atom stereocenters. The molecule has 270 valence electrons. The SMILES string of the molecule is CCCCCCCCCCCCCCCCCCCC(=O)O.CCCCCCCCCCCCCCCCCCCCC(=O)O. The van der Waals surface area contributed by atoms with Gasteiger partial charge in [-0.1, -0.05) is 226 Å². The molecule has 0 bridgehead atoms. The van der Waals surface area contributed by atoms with Gasteiger partial charge in [-0.3, -0.25) is 9.59 Å². The molecule has 0 radical (unpaired) electrons. The van der Waals surface area contributed by atoms with Crippen molar-refractivity contribution in [3.63, 3.8) is 0 Å². The third kappa shape index (κ3) is 50.0. The number of unbranched alkanes of at least 4 members (excludes halogenated alkanes) is 33. The summed E-state index contributed by atoms with van der Waals surface area (Å²) in [7, 11) is 0. The Bertz CT molecular complexity index is 562. The van der Waals surface area contributed by atoms with E-state index in [9.17, 15) is 9.59 Å². The lowest BCUT2D eigenvalue weighted by Gasteiger charge is -2.03. The van der Waals surface area contributed by atoms with Crippen molar-refractivity contribution in [2.45, 2.75) is 251 Å². The van der Waals surface area contributed by atoms with Crippen LogP contribution in [0.4, 0.5) is 0 Å². The third-order valence-corrected chi connectivity index (χ3v) is 9.24. The first-order valence-corrected chi connectivity index (χ1v) is 20.5. The molecule has 2 N–H and O–H groups in total. The topological polar surface area (TPSA) is 74.6 Å². The van der Waals surface area contributed by atoms with E-state index in [0.29, 0.717) is 12.8 Å². The lowest BCUT2D eigenvalue weighted by atomic mass is 10.0. The molecule has 0 aliphatic carbocycles. The van der Waals surface area contributed by atoms with Crippen LogP contribution in [0, 0.1) is 0 Å². The van der Waals surface area contributed by atoms with Gasteiger partial charge in [0.2, 0.25) is 0 Å². The molecular formula is C41H82O4. The van der Waals surface area contributed by atoms with Gasteiger partial charge in [-0.25, -0.2) is 0 Å². The van der Waals surface area contributed by atoms with Gasteiger partial charge in [-0.15, -0.1) is 0 Å². The van der Waals surface area contributed by atoms with Gasteiger partial charge in [0.25, 0.3) is 0 Å². The Hall–Kier alpha value is -1.06. The molecule has 4 heteroatoms. The molecule has 0 aromatic heterocycles. The Labute approximate surface area is 282 Å². The molecule has 0 aliphatic heterocycles. The second-order valence-electron chi connectivity index (χ2n) is 14.0. The first-order chi connectivity index (χ1) is 22.0. The van der Waals surface area contributed by atoms with Crippen LogP contribution in [0.15, 0.2) is 0 Å². The number of aliphatic carboxylic acids is 2. The van der Waals surface area contributed by atoms with Crippen LogP contribution in [0.1, 0.15) is 251 Å². The largest absolute Gasteiger partial charge is 0.481 e. The van der Waals surface area contributed by atoms with E-state index in [2.05, 4.69) is 13.8 Å². The third-order valence-electron chi connectivity index (χ3n) is 9.24. The first kappa shape index (κ1) is 46.1. The second kappa shape index (κ2) is 42.9. The lowest BCUT2D eigenvalue weighted by molar-refractivity contribution is -0.138. The van der Waals surface area contributed by atoms with Crippen LogP contribution in [0.3, 0.4) is 0 Å². The van der Waals surface area contributed by atoms with E-state index in [0.717, 1.165) is 25.7 Å². The first-order valence-electron chi connectivity index (χ1n) is 20.5. The van der Waals surface area contributed by atoms with Crippen LogP contribution in [-0.2, 0) is 9.59 Å². The van der Waals surface area contributed by atoms with Gasteiger partial charge in [-0.05, 0) is 12.8 Å². The number of rotatable bonds is 37. The predicted octanol–water partition coefficient (Wildman–Crippen LogP) is 14.6. The highest BCUT2D eigenvalue weighted by Gasteiger charge is 1.99. The number of carboxylic acid groups (broad SMARTS) is 2. The van der Waals surface area contributed by atoms with Gasteiger partial charge >= 0.3 is 11.9 Å². The highest BCUT2D eigenvalue weighted by Crippen LogP contribution is 2.16. The molecule has 0 atom stereocenters. The predicted molar refractivity (Wildman–Crippen MR) is 197 cm³/mol. The quantitative estimate of drug-likeness (QED) is 0.0664. The molecule has 0 rings (SSSR count). The van der Waals surface area contributed by atoms with E-state index in [4.69, 9.17) is 10.2 Å². The summed E-state index contributed by atoms with van der Waals surface area (Å²) in [5.74, 6) is -1.30. The highest BCUT2D eigenvalue weighted by molar-refractivity contribution is 5.66. The average Bonchev–Trinajstić information content (AvgIpc) is 3.02. The van der Waals surface area contributed by atoms with Gasteiger partial charge in [0.15, 0.2) is 0 Å². The summed E-state index contributed by atoms with van der Waals surface area (Å²) in [6.45, 7) is 4.56. The van der Waals surface area contributed by atoms with Crippen molar-refractivity contribution in [1.82, 2.24) is 0 Å². The molecule has 0 saturated heterocycles. The molecule has 0 fully saturated rings. The van der Waals surface area contributed by atoms with E-state index >= 15 is 0 Å². The smallest absolute Gasteiger partial charge is 0.303 e. The summed E-state index contributed by atoms with van der Waals surface area (Å²) in [5.41, 5.74) is 0. The molecule has 0 aromatic carbocycles. The minimum absolute atomic E-state index is 0.346. The Balaban J connectivity index is 0. The van der Waals surface area contributed by atoms with Crippen LogP contribution in [0.2, 0.25) is 0 Å². The number of hydrogen-bond acceptors (Lipinski definition) is 2. The minimum atomic E-state index is -0.652. The maximum absolute atomic E-state index is 10.4. The van der Waals surface area contributed by atoms with Gasteiger partial charge in [-0.2, -0.15) is 0 Å². The maximum atomic E-state index is 10.4. The summed E-state index contributed by atoms with van der Waals surface area (Å²) in [6, 6.07) is 0. The van der Waals surface area contributed by atoms with Crippen molar-refractivity contribution < 1.29 is 19.8 Å². The molecule has 0 amide bonds. The van der Waals surface area contributed by atoms with Gasteiger partial charge in [0.05, 0.1) is 0 Å². The fourth-order valence-electron chi connectivity index (χ4n) is 6.18. The summed E-state index contributed by atoms with van der Waals surface area (Å²) in [6.07, 6.45) is 47.8. The molecule has 0 spiro atoms. The van der Waals surface area contributed by atoms with Crippen LogP contribution in [-0.4, -0.2) is 22.2 Å². The summed E-state index contributed by atoms with van der Waals surface area (Å²) >= 11 is 0. The van der Waals surface area contributed by atoms with Crippen molar-refractivity contribution in [3.05, 3.63) is 0 Å². The Kier molecular flexibility index (Phi) is 44.0. The molecule has 4 nitrogen and oxygen atoms in total. The zero-order valence-corrected chi connectivity index (χ0v) is 30.9. The monoisotopic (exact) mass is 639 g/mol. The summed E-state index contributed by atoms with van der Waals surface area (Å²) < 4.78 is 0. The van der Waals surface area contributed by atoms with Crippen LogP contribution < -0.4 is 0 Å². The van der Waals surface area contributed by atoms with Crippen LogP contribution >= 0.6 is 0 Å². The van der Waals surface area contributed by atoms with E-state index in [1.54, 1.807) is 0 Å². The second-order valence-corrected chi connectivity index (χ2v) is 14.0. The lowest BCUT2D eigenvalue weighted by Crippen LogP contribution is -1.93. The molecule has 0 aliphatic rings. The van der Waals surface area contributed by atoms with Gasteiger partial charge in [0, 0.05) is 12.8 Å². The molecule has 0 heterocycles. The van der Waals surface area contributed by atoms with Crippen molar-refractivity contribution in [1.29, 1.82) is 0 Å². The standard InChI is InChI=1S/C21H42O2.C20H40O2/c1-2-3-4-5-6-7-8-9-10-11-12-13-14-15-16-17-18-19-20-21(22)23;1-2-3-4-5-6-7-8-9-10-11-12-13-14-15-16-17-18-19-20(21)22/h2-20H2,1H3,(H,22,23);2-19H2,1H3,(H,21,22). The van der Waals surface area contributed by atoms with Crippen molar-refractivity contribution >= 4 is 11.9 Å². The normalized spacial score (nSPS) is 11.0. The number of carboxylic acids is 2. The summed E-state index contributed by atoms with van der Waals surface area (Å²) in [5, 5.41) is 17.1. The van der Waals surface area contributed by atoms with Crippen LogP contribution in [0.5, 0.6) is 0 Å². The van der Waals surface area contributed by atoms with E-state index in [1.165, 1.54) is 199 Å². The molecule has 45 heavy (non-hydrogen) atoms. The molecular weight excluding hydrogens is 556 g/mol. The van der Waals surface area contributed by atoms with Gasteiger partial charge in [0.1, 0.15) is 0 Å². The highest BCUT2D eigenvalue weighted by atomic mass is 16.4. The minimum Gasteiger partial charge on any atom is -0.481 e. The van der Waals surface area contributed by atoms with Crippen LogP contribution in [0.25, 0.3) is 0 Å². The average molecular weight is 639 g/mol. The summed E-state index contributed by atoms with van der Waals surface area (Å²) in [4.78, 5) is 20.7. The number of carbonyl (C=O) groups is 2. The maximum Gasteiger partial charge on any atom is 0.303 e. The van der Waals surface area contributed by atoms with Crippen molar-refractivity contribution in [3.8, 4) is 0 Å². The zero-order chi connectivity index (χ0) is 33.3. The van der Waals surface area contributed by atoms with E-state index in [1.807, 2.05) is 0 Å². The van der Waals surface area contributed by atoms with Crippen molar-refractivity contribution in [2.24, 2.45) is 0 Å². The zero-order valence-electron chi connectivity index (χ0n) is 30.9. The molecule has 0 saturated carbocycles. The Morgan fingerprint density at radius 2 is 0.400 bits per heavy atom. The number of hydrogen-bond donors (Lipinski definition) is 2. The Morgan fingerprint density at radius 3 is 0.533 bits per heavy atom. The van der Waals surface area contributed by atoms with E-state index in [-0.39, 0.29) is 0 Å². The van der Waals surface area contributed by atoms with E-state index < -0.39 is 11.9 Å². The molecule has 0 aromatic rings.